The monoisotopic (exact) mass is 385 g/mol. The van der Waals surface area contributed by atoms with Gasteiger partial charge in [0.25, 0.3) is 0 Å². The number of Topliss-reactive ketones (excluding diaryl/α,β-unsaturated/α-hetero) is 1. The van der Waals surface area contributed by atoms with Gasteiger partial charge in [0.15, 0.2) is 5.78 Å². The van der Waals surface area contributed by atoms with Crippen LogP contribution < -0.4 is 0 Å². The molecule has 0 amide bonds. The summed E-state index contributed by atoms with van der Waals surface area (Å²) in [6.45, 7) is 2.65. The second-order valence-corrected chi connectivity index (χ2v) is 7.20. The molecule has 0 aromatic heterocycles. The maximum absolute atomic E-state index is 12.1. The van der Waals surface area contributed by atoms with Gasteiger partial charge in [0.05, 0.1) is 23.4 Å². The fourth-order valence-electron chi connectivity index (χ4n) is 3.12. The molecule has 0 saturated heterocycles. The number of ether oxygens (including phenoxy) is 1. The summed E-state index contributed by atoms with van der Waals surface area (Å²) < 4.78 is 5.32. The lowest BCUT2D eigenvalue weighted by molar-refractivity contribution is -0.115. The third-order valence-corrected chi connectivity index (χ3v) is 4.86. The highest BCUT2D eigenvalue weighted by Crippen LogP contribution is 2.20. The Labute approximate surface area is 167 Å². The van der Waals surface area contributed by atoms with E-state index in [4.69, 9.17) is 4.74 Å². The van der Waals surface area contributed by atoms with Gasteiger partial charge in [-0.3, -0.25) is 9.79 Å². The molecule has 1 aliphatic carbocycles. The first-order valence-electron chi connectivity index (χ1n) is 10.4. The highest BCUT2D eigenvalue weighted by Gasteiger charge is 2.18. The van der Waals surface area contributed by atoms with E-state index in [-0.39, 0.29) is 23.1 Å². The van der Waals surface area contributed by atoms with Crippen molar-refractivity contribution in [1.82, 2.24) is 0 Å². The lowest BCUT2D eigenvalue weighted by Gasteiger charge is -2.11. The van der Waals surface area contributed by atoms with Gasteiger partial charge in [-0.05, 0) is 37.1 Å². The van der Waals surface area contributed by atoms with Gasteiger partial charge in [-0.1, -0.05) is 45.4 Å². The second-order valence-electron chi connectivity index (χ2n) is 7.20. The van der Waals surface area contributed by atoms with Gasteiger partial charge in [-0.2, -0.15) is 0 Å². The van der Waals surface area contributed by atoms with E-state index in [0.717, 1.165) is 12.8 Å². The Hall–Kier alpha value is -2.43. The molecule has 1 aromatic rings. The maximum Gasteiger partial charge on any atom is 0.338 e. The molecular formula is C23H31NO4. The molecule has 0 fully saturated rings. The van der Waals surface area contributed by atoms with Gasteiger partial charge in [0.2, 0.25) is 0 Å². The molecule has 0 atom stereocenters. The van der Waals surface area contributed by atoms with Crippen LogP contribution in [0.3, 0.4) is 0 Å². The number of nitrogens with zero attached hydrogens (tertiary/aromatic N) is 1. The average molecular weight is 386 g/mol. The average Bonchev–Trinajstić information content (AvgIpc) is 2.70. The minimum absolute atomic E-state index is 0.0851. The first kappa shape index (κ1) is 21.9. The smallest absolute Gasteiger partial charge is 0.338 e. The maximum atomic E-state index is 12.1. The minimum atomic E-state index is -0.329. The van der Waals surface area contributed by atoms with E-state index in [1.165, 1.54) is 38.3 Å². The van der Waals surface area contributed by atoms with Crippen LogP contribution in [0.25, 0.3) is 0 Å². The van der Waals surface area contributed by atoms with E-state index >= 15 is 0 Å². The summed E-state index contributed by atoms with van der Waals surface area (Å²) in [4.78, 5) is 28.1. The van der Waals surface area contributed by atoms with Crippen LogP contribution >= 0.6 is 0 Å². The molecule has 5 heteroatoms. The molecule has 0 saturated carbocycles. The van der Waals surface area contributed by atoms with Crippen molar-refractivity contribution >= 4 is 23.7 Å². The number of esters is 1. The fraction of sp³-hybridized carbons (Fsp3) is 0.522. The third-order valence-electron chi connectivity index (χ3n) is 4.86. The molecule has 1 aliphatic rings. The number of benzene rings is 1. The van der Waals surface area contributed by atoms with Crippen LogP contribution in [0.15, 0.2) is 40.6 Å². The van der Waals surface area contributed by atoms with E-state index in [1.54, 1.807) is 24.3 Å². The second kappa shape index (κ2) is 12.1. The molecule has 2 rings (SSSR count). The standard InChI is InChI=1S/C23H31NO4/c1-2-3-4-5-6-7-8-16-28-23(27)18-12-14-19(15-13-18)24-17-20-21(25)10-9-11-22(20)26/h12-15,17,25H,2-11,16H2,1H3. The number of aliphatic imine (C=N–C) groups is 1. The van der Waals surface area contributed by atoms with Gasteiger partial charge < -0.3 is 9.84 Å². The Balaban J connectivity index is 1.75. The molecule has 0 unspecified atom stereocenters. The van der Waals surface area contributed by atoms with E-state index in [1.807, 2.05) is 0 Å². The number of aliphatic hydroxyl groups excluding tert-OH is 1. The van der Waals surface area contributed by atoms with Crippen molar-refractivity contribution in [3.63, 3.8) is 0 Å². The lowest BCUT2D eigenvalue weighted by atomic mass is 9.97. The molecule has 0 spiro atoms. The van der Waals surface area contributed by atoms with E-state index in [2.05, 4.69) is 11.9 Å². The molecule has 28 heavy (non-hydrogen) atoms. The van der Waals surface area contributed by atoms with E-state index in [0.29, 0.717) is 37.1 Å². The quantitative estimate of drug-likeness (QED) is 0.294. The zero-order valence-corrected chi connectivity index (χ0v) is 16.8. The van der Waals surface area contributed by atoms with Gasteiger partial charge in [-0.15, -0.1) is 0 Å². The predicted octanol–water partition coefficient (Wildman–Crippen LogP) is 5.86. The Morgan fingerprint density at radius 2 is 1.75 bits per heavy atom. The van der Waals surface area contributed by atoms with Gasteiger partial charge >= 0.3 is 5.97 Å². The molecule has 5 nitrogen and oxygen atoms in total. The number of rotatable bonds is 11. The third kappa shape index (κ3) is 7.29. The first-order valence-corrected chi connectivity index (χ1v) is 10.4. The highest BCUT2D eigenvalue weighted by molar-refractivity contribution is 6.14. The van der Waals surface area contributed by atoms with E-state index < -0.39 is 0 Å². The zero-order valence-electron chi connectivity index (χ0n) is 16.8. The largest absolute Gasteiger partial charge is 0.512 e. The van der Waals surface area contributed by atoms with Crippen LogP contribution in [0, 0.1) is 0 Å². The summed E-state index contributed by atoms with van der Waals surface area (Å²) in [6.07, 6.45) is 11.3. The SMILES string of the molecule is CCCCCCCCCOC(=O)c1ccc(N=CC2=C(O)CCCC2=O)cc1. The molecule has 0 aliphatic heterocycles. The summed E-state index contributed by atoms with van der Waals surface area (Å²) in [5.74, 6) is -0.312. The van der Waals surface area contributed by atoms with Gasteiger partial charge in [0.1, 0.15) is 5.76 Å². The Morgan fingerprint density at radius 3 is 2.43 bits per heavy atom. The van der Waals surface area contributed by atoms with Gasteiger partial charge in [0, 0.05) is 19.1 Å². The number of unbranched alkanes of at least 4 members (excludes halogenated alkanes) is 6. The van der Waals surface area contributed by atoms with Gasteiger partial charge in [-0.25, -0.2) is 4.79 Å². The van der Waals surface area contributed by atoms with Crippen LogP contribution in [0.2, 0.25) is 0 Å². The summed E-state index contributed by atoms with van der Waals surface area (Å²) in [7, 11) is 0. The van der Waals surface area contributed by atoms with Crippen molar-refractivity contribution in [2.24, 2.45) is 4.99 Å². The van der Waals surface area contributed by atoms with E-state index in [9.17, 15) is 14.7 Å². The summed E-state index contributed by atoms with van der Waals surface area (Å²) >= 11 is 0. The van der Waals surface area contributed by atoms with Crippen LogP contribution in [-0.2, 0) is 9.53 Å². The molecule has 0 bridgehead atoms. The van der Waals surface area contributed by atoms with Crippen LogP contribution in [0.1, 0.15) is 81.5 Å². The summed E-state index contributed by atoms with van der Waals surface area (Å²) in [5, 5.41) is 9.82. The number of aliphatic hydroxyl groups is 1. The fourth-order valence-corrected chi connectivity index (χ4v) is 3.12. The van der Waals surface area contributed by atoms with Crippen LogP contribution in [0.4, 0.5) is 5.69 Å². The van der Waals surface area contributed by atoms with Crippen molar-refractivity contribution in [2.45, 2.75) is 71.1 Å². The topological polar surface area (TPSA) is 76.0 Å². The number of ketones is 1. The van der Waals surface area contributed by atoms with Crippen molar-refractivity contribution in [3.05, 3.63) is 41.2 Å². The van der Waals surface area contributed by atoms with Crippen molar-refractivity contribution in [3.8, 4) is 0 Å². The van der Waals surface area contributed by atoms with Crippen LogP contribution in [0.5, 0.6) is 0 Å². The summed E-state index contributed by atoms with van der Waals surface area (Å²) in [5.41, 5.74) is 1.38. The van der Waals surface area contributed by atoms with Crippen molar-refractivity contribution < 1.29 is 19.4 Å². The Bertz CT molecular complexity index is 704. The predicted molar refractivity (Wildman–Crippen MR) is 111 cm³/mol. The number of hydrogen-bond acceptors (Lipinski definition) is 5. The Morgan fingerprint density at radius 1 is 1.07 bits per heavy atom. The zero-order chi connectivity index (χ0) is 20.2. The lowest BCUT2D eigenvalue weighted by Crippen LogP contribution is -2.12. The normalized spacial score (nSPS) is 14.7. The molecule has 152 valence electrons. The minimum Gasteiger partial charge on any atom is -0.512 e. The summed E-state index contributed by atoms with van der Waals surface area (Å²) in [6, 6.07) is 6.73. The van der Waals surface area contributed by atoms with Crippen LogP contribution in [-0.4, -0.2) is 29.7 Å². The molecule has 1 aromatic carbocycles. The molecule has 0 heterocycles. The number of hydrogen-bond donors (Lipinski definition) is 1. The molecular weight excluding hydrogens is 354 g/mol. The number of allylic oxidation sites excluding steroid dienone is 2. The number of carbonyl (C=O) groups excluding carboxylic acids is 2. The molecule has 1 N–H and O–H groups in total. The molecule has 0 radical (unpaired) electrons. The highest BCUT2D eigenvalue weighted by atomic mass is 16.5. The first-order chi connectivity index (χ1) is 13.6. The van der Waals surface area contributed by atoms with Crippen molar-refractivity contribution in [2.75, 3.05) is 6.61 Å². The number of carbonyl (C=O) groups is 2. The van der Waals surface area contributed by atoms with Crippen molar-refractivity contribution in [1.29, 1.82) is 0 Å². The Kier molecular flexibility index (Phi) is 9.46.